The summed E-state index contributed by atoms with van der Waals surface area (Å²) in [6, 6.07) is 7.03. The summed E-state index contributed by atoms with van der Waals surface area (Å²) >= 11 is 6.02. The average Bonchev–Trinajstić information content (AvgIpc) is 2.32. The Morgan fingerprint density at radius 3 is 2.67 bits per heavy atom. The first-order valence-corrected chi connectivity index (χ1v) is 8.63. The van der Waals surface area contributed by atoms with Crippen LogP contribution in [0.1, 0.15) is 51.6 Å². The highest BCUT2D eigenvalue weighted by atomic mass is 127. The van der Waals surface area contributed by atoms with Gasteiger partial charge in [0.25, 0.3) is 0 Å². The van der Waals surface area contributed by atoms with Crippen molar-refractivity contribution in [3.8, 4) is 0 Å². The second-order valence-corrected chi connectivity index (χ2v) is 6.98. The van der Waals surface area contributed by atoms with Crippen molar-refractivity contribution in [3.63, 3.8) is 0 Å². The van der Waals surface area contributed by atoms with E-state index in [2.05, 4.69) is 82.8 Å². The summed E-state index contributed by atoms with van der Waals surface area (Å²) in [5, 5.41) is 3.63. The smallest absolute Gasteiger partial charge is 0.0333 e. The Labute approximate surface area is 133 Å². The maximum absolute atomic E-state index is 3.63. The lowest BCUT2D eigenvalue weighted by Crippen LogP contribution is -2.23. The van der Waals surface area contributed by atoms with Crippen molar-refractivity contribution in [2.75, 3.05) is 6.54 Å². The standard InChI is InChI=1S/C15H23BrIN/c1-4-6-11(3)9-15(18-5-2)13-10-12(16)7-8-14(13)17/h7-8,10-11,15,18H,4-6,9H2,1-3H3. The highest BCUT2D eigenvalue weighted by Gasteiger charge is 2.16. The van der Waals surface area contributed by atoms with Gasteiger partial charge in [0.05, 0.1) is 0 Å². The van der Waals surface area contributed by atoms with Gasteiger partial charge in [-0.15, -0.1) is 0 Å². The monoisotopic (exact) mass is 423 g/mol. The van der Waals surface area contributed by atoms with E-state index in [1.807, 2.05) is 0 Å². The SMILES string of the molecule is CCCC(C)CC(NCC)c1cc(Br)ccc1I. The molecule has 0 saturated heterocycles. The van der Waals surface area contributed by atoms with E-state index in [0.717, 1.165) is 12.5 Å². The third kappa shape index (κ3) is 5.17. The van der Waals surface area contributed by atoms with E-state index in [4.69, 9.17) is 0 Å². The number of hydrogen-bond donors (Lipinski definition) is 1. The summed E-state index contributed by atoms with van der Waals surface area (Å²) in [6.07, 6.45) is 3.80. The largest absolute Gasteiger partial charge is 0.310 e. The fourth-order valence-electron chi connectivity index (χ4n) is 2.36. The number of benzene rings is 1. The Morgan fingerprint density at radius 2 is 2.06 bits per heavy atom. The molecular formula is C15H23BrIN. The number of halogens is 2. The number of nitrogens with one attached hydrogen (secondary N) is 1. The van der Waals surface area contributed by atoms with Gasteiger partial charge in [-0.25, -0.2) is 0 Å². The predicted octanol–water partition coefficient (Wildman–Crippen LogP) is 5.53. The van der Waals surface area contributed by atoms with E-state index in [1.165, 1.54) is 32.9 Å². The van der Waals surface area contributed by atoms with Gasteiger partial charge in [0.15, 0.2) is 0 Å². The zero-order valence-electron chi connectivity index (χ0n) is 11.5. The van der Waals surface area contributed by atoms with E-state index in [-0.39, 0.29) is 0 Å². The summed E-state index contributed by atoms with van der Waals surface area (Å²) in [5.74, 6) is 0.772. The summed E-state index contributed by atoms with van der Waals surface area (Å²) in [6.45, 7) is 7.83. The van der Waals surface area contributed by atoms with Crippen molar-refractivity contribution in [1.82, 2.24) is 5.32 Å². The Bertz CT molecular complexity index is 368. The van der Waals surface area contributed by atoms with Gasteiger partial charge in [-0.3, -0.25) is 0 Å². The Hall–Kier alpha value is 0.390. The van der Waals surface area contributed by atoms with Crippen molar-refractivity contribution in [2.24, 2.45) is 5.92 Å². The second kappa shape index (κ2) is 8.54. The fourth-order valence-corrected chi connectivity index (χ4v) is 3.45. The molecule has 1 aromatic rings. The Balaban J connectivity index is 2.85. The first kappa shape index (κ1) is 16.4. The molecule has 0 fully saturated rings. The summed E-state index contributed by atoms with van der Waals surface area (Å²) in [4.78, 5) is 0. The van der Waals surface area contributed by atoms with Crippen LogP contribution in [0.25, 0.3) is 0 Å². The van der Waals surface area contributed by atoms with Gasteiger partial charge in [0, 0.05) is 14.1 Å². The van der Waals surface area contributed by atoms with Crippen LogP contribution in [0, 0.1) is 9.49 Å². The van der Waals surface area contributed by atoms with E-state index in [0.29, 0.717) is 6.04 Å². The molecule has 0 spiro atoms. The van der Waals surface area contributed by atoms with Gasteiger partial charge in [-0.2, -0.15) is 0 Å². The van der Waals surface area contributed by atoms with Crippen LogP contribution in [0.2, 0.25) is 0 Å². The minimum atomic E-state index is 0.473. The zero-order valence-corrected chi connectivity index (χ0v) is 15.2. The molecule has 0 bridgehead atoms. The van der Waals surface area contributed by atoms with Gasteiger partial charge in [-0.05, 0) is 65.2 Å². The average molecular weight is 424 g/mol. The highest BCUT2D eigenvalue weighted by Crippen LogP contribution is 2.29. The molecule has 0 aliphatic heterocycles. The molecule has 0 saturated carbocycles. The molecule has 0 heterocycles. The minimum absolute atomic E-state index is 0.473. The van der Waals surface area contributed by atoms with Crippen LogP contribution in [0.15, 0.2) is 22.7 Å². The molecule has 0 aliphatic rings. The normalized spacial score (nSPS) is 14.5. The van der Waals surface area contributed by atoms with Gasteiger partial charge < -0.3 is 5.32 Å². The summed E-state index contributed by atoms with van der Waals surface area (Å²) in [5.41, 5.74) is 1.43. The lowest BCUT2D eigenvalue weighted by atomic mass is 9.93. The van der Waals surface area contributed by atoms with Crippen molar-refractivity contribution in [1.29, 1.82) is 0 Å². The van der Waals surface area contributed by atoms with Crippen molar-refractivity contribution >= 4 is 38.5 Å². The highest BCUT2D eigenvalue weighted by molar-refractivity contribution is 14.1. The lowest BCUT2D eigenvalue weighted by molar-refractivity contribution is 0.394. The summed E-state index contributed by atoms with van der Waals surface area (Å²) < 4.78 is 2.52. The van der Waals surface area contributed by atoms with Crippen molar-refractivity contribution in [3.05, 3.63) is 31.8 Å². The van der Waals surface area contributed by atoms with Crippen LogP contribution < -0.4 is 5.32 Å². The van der Waals surface area contributed by atoms with Crippen LogP contribution in [0.4, 0.5) is 0 Å². The molecule has 1 rings (SSSR count). The maximum Gasteiger partial charge on any atom is 0.0333 e. The molecule has 1 nitrogen and oxygen atoms in total. The summed E-state index contributed by atoms with van der Waals surface area (Å²) in [7, 11) is 0. The van der Waals surface area contributed by atoms with Crippen LogP contribution in [0.3, 0.4) is 0 Å². The fraction of sp³-hybridized carbons (Fsp3) is 0.600. The molecule has 18 heavy (non-hydrogen) atoms. The third-order valence-electron chi connectivity index (χ3n) is 3.20. The first-order valence-electron chi connectivity index (χ1n) is 6.76. The van der Waals surface area contributed by atoms with Crippen LogP contribution >= 0.6 is 38.5 Å². The van der Waals surface area contributed by atoms with E-state index >= 15 is 0 Å². The molecule has 1 N–H and O–H groups in total. The quantitative estimate of drug-likeness (QED) is 0.568. The zero-order chi connectivity index (χ0) is 13.5. The number of hydrogen-bond acceptors (Lipinski definition) is 1. The van der Waals surface area contributed by atoms with E-state index in [9.17, 15) is 0 Å². The minimum Gasteiger partial charge on any atom is -0.310 e. The van der Waals surface area contributed by atoms with Gasteiger partial charge in [0.2, 0.25) is 0 Å². The van der Waals surface area contributed by atoms with Crippen molar-refractivity contribution in [2.45, 2.75) is 46.1 Å². The van der Waals surface area contributed by atoms with E-state index in [1.54, 1.807) is 0 Å². The van der Waals surface area contributed by atoms with E-state index < -0.39 is 0 Å². The molecular weight excluding hydrogens is 401 g/mol. The molecule has 2 atom stereocenters. The topological polar surface area (TPSA) is 12.0 Å². The van der Waals surface area contributed by atoms with Crippen LogP contribution in [-0.2, 0) is 0 Å². The molecule has 1 aromatic carbocycles. The molecule has 0 aliphatic carbocycles. The molecule has 0 amide bonds. The molecule has 0 radical (unpaired) electrons. The van der Waals surface area contributed by atoms with Gasteiger partial charge in [0.1, 0.15) is 0 Å². The van der Waals surface area contributed by atoms with Gasteiger partial charge >= 0.3 is 0 Å². The maximum atomic E-state index is 3.63. The number of rotatable bonds is 7. The molecule has 0 aromatic heterocycles. The third-order valence-corrected chi connectivity index (χ3v) is 4.68. The molecule has 2 unspecified atom stereocenters. The Kier molecular flexibility index (Phi) is 7.80. The molecule has 102 valence electrons. The first-order chi connectivity index (χ1) is 8.58. The Morgan fingerprint density at radius 1 is 1.33 bits per heavy atom. The second-order valence-electron chi connectivity index (χ2n) is 4.91. The van der Waals surface area contributed by atoms with Crippen LogP contribution in [-0.4, -0.2) is 6.54 Å². The van der Waals surface area contributed by atoms with Crippen molar-refractivity contribution < 1.29 is 0 Å². The predicted molar refractivity (Wildman–Crippen MR) is 92.0 cm³/mol. The van der Waals surface area contributed by atoms with Crippen LogP contribution in [0.5, 0.6) is 0 Å². The molecule has 3 heteroatoms. The lowest BCUT2D eigenvalue weighted by Gasteiger charge is -2.23. The van der Waals surface area contributed by atoms with Gasteiger partial charge in [-0.1, -0.05) is 49.5 Å².